The minimum atomic E-state index is -2.53. The maximum atomic E-state index is 11.9. The Bertz CT molecular complexity index is 288. The van der Waals surface area contributed by atoms with Gasteiger partial charge in [0.25, 0.3) is 0 Å². The van der Waals surface area contributed by atoms with Crippen molar-refractivity contribution in [3.05, 3.63) is 11.0 Å². The van der Waals surface area contributed by atoms with Crippen LogP contribution >= 0.6 is 23.5 Å². The number of rotatable bonds is 2. The Balaban J connectivity index is 2.97. The van der Waals surface area contributed by atoms with Crippen LogP contribution in [0.5, 0.6) is 0 Å². The standard InChI is InChI=1S/C5H6ClF2N3S/c1-2-10-3(6)4(9)11(2)12-5(7)8/h5H,9H2,1H3. The SMILES string of the molecule is Cc1nc(Cl)c(N)n1SC(F)F. The molecule has 1 aromatic rings. The molecular formula is C5H6ClF2N3S. The van der Waals surface area contributed by atoms with Gasteiger partial charge >= 0.3 is 5.76 Å². The van der Waals surface area contributed by atoms with Crippen molar-refractivity contribution in [3.63, 3.8) is 0 Å². The smallest absolute Gasteiger partial charge is 0.303 e. The van der Waals surface area contributed by atoms with Gasteiger partial charge in [0.05, 0.1) is 0 Å². The number of nitrogens with two attached hydrogens (primary N) is 1. The predicted octanol–water partition coefficient (Wildman–Crippen LogP) is 2.15. The summed E-state index contributed by atoms with van der Waals surface area (Å²) < 4.78 is 24.9. The molecule has 0 fully saturated rings. The largest absolute Gasteiger partial charge is 0.382 e. The lowest BCUT2D eigenvalue weighted by Crippen LogP contribution is -1.99. The first-order chi connectivity index (χ1) is 5.52. The lowest BCUT2D eigenvalue weighted by atomic mass is 10.7. The monoisotopic (exact) mass is 213 g/mol. The molecule has 0 spiro atoms. The van der Waals surface area contributed by atoms with Gasteiger partial charge < -0.3 is 5.73 Å². The van der Waals surface area contributed by atoms with Gasteiger partial charge in [-0.15, -0.1) is 0 Å². The van der Waals surface area contributed by atoms with Gasteiger partial charge in [-0.2, -0.15) is 8.78 Å². The highest BCUT2D eigenvalue weighted by Gasteiger charge is 2.14. The molecule has 1 heterocycles. The van der Waals surface area contributed by atoms with E-state index in [1.165, 1.54) is 0 Å². The number of nitrogen functional groups attached to an aromatic ring is 1. The average Bonchev–Trinajstić information content (AvgIpc) is 2.16. The Hall–Kier alpha value is -0.490. The van der Waals surface area contributed by atoms with Crippen LogP contribution in [-0.4, -0.2) is 14.7 Å². The van der Waals surface area contributed by atoms with Crippen molar-refractivity contribution in [2.75, 3.05) is 5.73 Å². The second kappa shape index (κ2) is 3.49. The van der Waals surface area contributed by atoms with Gasteiger partial charge in [-0.1, -0.05) is 11.6 Å². The molecule has 68 valence electrons. The zero-order chi connectivity index (χ0) is 9.30. The minimum Gasteiger partial charge on any atom is -0.382 e. The minimum absolute atomic E-state index is 0.0551. The van der Waals surface area contributed by atoms with Crippen LogP contribution in [0.1, 0.15) is 5.82 Å². The van der Waals surface area contributed by atoms with E-state index < -0.39 is 5.76 Å². The van der Waals surface area contributed by atoms with Crippen molar-refractivity contribution in [2.45, 2.75) is 12.7 Å². The van der Waals surface area contributed by atoms with Gasteiger partial charge in [-0.3, -0.25) is 0 Å². The topological polar surface area (TPSA) is 43.8 Å². The molecule has 0 saturated heterocycles. The molecular weight excluding hydrogens is 208 g/mol. The lowest BCUT2D eigenvalue weighted by Gasteiger charge is -2.03. The lowest BCUT2D eigenvalue weighted by molar-refractivity contribution is 0.251. The molecule has 3 nitrogen and oxygen atoms in total. The number of aromatic nitrogens is 2. The number of hydrogen-bond donors (Lipinski definition) is 1. The van der Waals surface area contributed by atoms with E-state index >= 15 is 0 Å². The molecule has 0 amide bonds. The molecule has 2 N–H and O–H groups in total. The zero-order valence-electron chi connectivity index (χ0n) is 6.09. The van der Waals surface area contributed by atoms with E-state index in [9.17, 15) is 8.78 Å². The van der Waals surface area contributed by atoms with Crippen molar-refractivity contribution in [1.29, 1.82) is 0 Å². The summed E-state index contributed by atoms with van der Waals surface area (Å²) >= 11 is 5.79. The molecule has 0 bridgehead atoms. The molecule has 0 aliphatic heterocycles. The highest BCUT2D eigenvalue weighted by Crippen LogP contribution is 2.27. The molecule has 0 atom stereocenters. The fourth-order valence-corrected chi connectivity index (χ4v) is 1.53. The molecule has 1 aromatic heterocycles. The van der Waals surface area contributed by atoms with Crippen LogP contribution in [-0.2, 0) is 0 Å². The van der Waals surface area contributed by atoms with E-state index in [0.29, 0.717) is 5.82 Å². The number of nitrogens with zero attached hydrogens (tertiary/aromatic N) is 2. The Kier molecular flexibility index (Phi) is 2.79. The Labute approximate surface area is 77.0 Å². The van der Waals surface area contributed by atoms with Crippen molar-refractivity contribution in [1.82, 2.24) is 8.96 Å². The molecule has 0 aliphatic carbocycles. The zero-order valence-corrected chi connectivity index (χ0v) is 7.66. The second-order valence-electron chi connectivity index (χ2n) is 2.00. The first kappa shape index (κ1) is 9.60. The van der Waals surface area contributed by atoms with Gasteiger partial charge in [-0.25, -0.2) is 8.96 Å². The van der Waals surface area contributed by atoms with Crippen LogP contribution in [0.25, 0.3) is 0 Å². The first-order valence-corrected chi connectivity index (χ1v) is 4.19. The maximum absolute atomic E-state index is 11.9. The van der Waals surface area contributed by atoms with Crippen molar-refractivity contribution in [2.24, 2.45) is 0 Å². The molecule has 12 heavy (non-hydrogen) atoms. The molecule has 0 radical (unpaired) electrons. The third kappa shape index (κ3) is 1.81. The van der Waals surface area contributed by atoms with E-state index in [2.05, 4.69) is 4.98 Å². The van der Waals surface area contributed by atoms with Gasteiger partial charge in [0, 0.05) is 11.9 Å². The Morgan fingerprint density at radius 3 is 2.58 bits per heavy atom. The molecule has 7 heteroatoms. The summed E-state index contributed by atoms with van der Waals surface area (Å²) in [6.07, 6.45) is 0. The Morgan fingerprint density at radius 1 is 1.67 bits per heavy atom. The third-order valence-corrected chi connectivity index (χ3v) is 2.28. The van der Waals surface area contributed by atoms with E-state index in [-0.39, 0.29) is 22.9 Å². The highest BCUT2D eigenvalue weighted by molar-refractivity contribution is 7.98. The van der Waals surface area contributed by atoms with Crippen LogP contribution in [0.4, 0.5) is 14.6 Å². The molecule has 0 saturated carbocycles. The van der Waals surface area contributed by atoms with Gasteiger partial charge in [0.2, 0.25) is 0 Å². The predicted molar refractivity (Wildman–Crippen MR) is 45.4 cm³/mol. The van der Waals surface area contributed by atoms with E-state index in [0.717, 1.165) is 3.97 Å². The number of halogens is 3. The summed E-state index contributed by atoms with van der Waals surface area (Å²) in [6.45, 7) is 1.55. The summed E-state index contributed by atoms with van der Waals surface area (Å²) in [6, 6.07) is 0. The number of alkyl halides is 2. The maximum Gasteiger partial charge on any atom is 0.303 e. The van der Waals surface area contributed by atoms with Crippen LogP contribution in [0, 0.1) is 6.92 Å². The molecule has 1 rings (SSSR count). The Morgan fingerprint density at radius 2 is 2.25 bits per heavy atom. The van der Waals surface area contributed by atoms with Crippen LogP contribution in [0.2, 0.25) is 5.15 Å². The van der Waals surface area contributed by atoms with Crippen LogP contribution in [0.15, 0.2) is 0 Å². The summed E-state index contributed by atoms with van der Waals surface area (Å²) in [7, 11) is 0. The van der Waals surface area contributed by atoms with Gasteiger partial charge in [0.15, 0.2) is 11.0 Å². The van der Waals surface area contributed by atoms with Gasteiger partial charge in [0.1, 0.15) is 5.82 Å². The summed E-state index contributed by atoms with van der Waals surface area (Å²) in [5, 5.41) is 0.0562. The third-order valence-electron chi connectivity index (χ3n) is 1.17. The first-order valence-electron chi connectivity index (χ1n) is 2.98. The van der Waals surface area contributed by atoms with Crippen LogP contribution in [0.3, 0.4) is 0 Å². The quantitative estimate of drug-likeness (QED) is 0.819. The van der Waals surface area contributed by atoms with Crippen molar-refractivity contribution in [3.8, 4) is 0 Å². The van der Waals surface area contributed by atoms with E-state index in [1.807, 2.05) is 0 Å². The molecule has 0 aromatic carbocycles. The highest BCUT2D eigenvalue weighted by atomic mass is 35.5. The summed E-state index contributed by atoms with van der Waals surface area (Å²) in [5.41, 5.74) is 5.37. The fraction of sp³-hybridized carbons (Fsp3) is 0.400. The van der Waals surface area contributed by atoms with Gasteiger partial charge in [-0.05, 0) is 6.92 Å². The molecule has 0 unspecified atom stereocenters. The van der Waals surface area contributed by atoms with E-state index in [4.69, 9.17) is 17.3 Å². The normalized spacial score (nSPS) is 11.1. The second-order valence-corrected chi connectivity index (χ2v) is 3.29. The summed E-state index contributed by atoms with van der Waals surface area (Å²) in [4.78, 5) is 3.71. The number of imidazole rings is 1. The average molecular weight is 214 g/mol. The fourth-order valence-electron chi connectivity index (χ4n) is 0.716. The molecule has 0 aliphatic rings. The van der Waals surface area contributed by atoms with Crippen LogP contribution < -0.4 is 5.73 Å². The van der Waals surface area contributed by atoms with Crippen molar-refractivity contribution < 1.29 is 8.78 Å². The summed E-state index contributed by atoms with van der Waals surface area (Å²) in [5.74, 6) is -2.11. The number of anilines is 1. The van der Waals surface area contributed by atoms with Crippen molar-refractivity contribution >= 4 is 29.4 Å². The van der Waals surface area contributed by atoms with E-state index in [1.54, 1.807) is 6.92 Å². The number of aryl methyl sites for hydroxylation is 1. The number of hydrogen-bond acceptors (Lipinski definition) is 3.